The van der Waals surface area contributed by atoms with Crippen molar-refractivity contribution in [2.75, 3.05) is 10.6 Å². The van der Waals surface area contributed by atoms with Gasteiger partial charge in [-0.15, -0.1) is 0 Å². The second-order valence-electron chi connectivity index (χ2n) is 7.98. The van der Waals surface area contributed by atoms with Crippen molar-refractivity contribution < 1.29 is 27.3 Å². The number of rotatable bonds is 6. The first-order valence-corrected chi connectivity index (χ1v) is 12.3. The van der Waals surface area contributed by atoms with Gasteiger partial charge in [-0.1, -0.05) is 17.7 Å². The van der Waals surface area contributed by atoms with Gasteiger partial charge in [0.15, 0.2) is 12.4 Å². The molecule has 11 heteroatoms. The third-order valence-electron chi connectivity index (χ3n) is 5.06. The summed E-state index contributed by atoms with van der Waals surface area (Å²) in [5, 5.41) is 16.7. The fourth-order valence-corrected chi connectivity index (χ4v) is 3.50. The van der Waals surface area contributed by atoms with Crippen LogP contribution in [-0.4, -0.2) is 23.8 Å². The zero-order chi connectivity index (χ0) is 27.0. The van der Waals surface area contributed by atoms with Crippen molar-refractivity contribution in [2.24, 2.45) is 7.05 Å². The lowest BCUT2D eigenvalue weighted by molar-refractivity contribution is -0.671. The van der Waals surface area contributed by atoms with Crippen molar-refractivity contribution in [3.8, 4) is 0 Å². The third-order valence-corrected chi connectivity index (χ3v) is 5.91. The second-order valence-corrected chi connectivity index (χ2v) is 9.36. The van der Waals surface area contributed by atoms with Crippen molar-refractivity contribution in [3.05, 3.63) is 119 Å². The highest BCUT2D eigenvalue weighted by atomic mass is 32.2. The zero-order valence-corrected chi connectivity index (χ0v) is 20.8. The van der Waals surface area contributed by atoms with E-state index in [9.17, 15) is 27.9 Å². The van der Waals surface area contributed by atoms with Crippen molar-refractivity contribution in [2.45, 2.75) is 11.8 Å². The molecule has 4 rings (SSSR count). The van der Waals surface area contributed by atoms with Crippen LogP contribution in [-0.2, 0) is 17.2 Å². The molecule has 10 nitrogen and oxygen atoms in total. The molecule has 1 aromatic heterocycles. The van der Waals surface area contributed by atoms with Gasteiger partial charge < -0.3 is 15.2 Å². The van der Waals surface area contributed by atoms with Gasteiger partial charge in [-0.3, -0.25) is 14.9 Å². The highest BCUT2D eigenvalue weighted by molar-refractivity contribution is 7.85. The Hall–Kier alpha value is -4.61. The minimum absolute atomic E-state index is 0.0496. The van der Waals surface area contributed by atoms with E-state index in [4.69, 9.17) is 0 Å². The van der Waals surface area contributed by atoms with Crippen molar-refractivity contribution in [1.29, 1.82) is 0 Å². The number of aryl methyl sites for hydroxylation is 2. The van der Waals surface area contributed by atoms with E-state index in [1.807, 2.05) is 55.2 Å². The molecule has 0 atom stereocenters. The number of anilines is 3. The number of carbonyl (C=O) groups excluding carboxylic acids is 1. The predicted octanol–water partition coefficient (Wildman–Crippen LogP) is 4.31. The molecule has 0 radical (unpaired) electrons. The number of non-ortho nitro benzene ring substituents is 1. The first-order chi connectivity index (χ1) is 17.5. The summed E-state index contributed by atoms with van der Waals surface area (Å²) in [5.41, 5.74) is 3.73. The molecule has 0 saturated heterocycles. The number of benzene rings is 3. The van der Waals surface area contributed by atoms with E-state index in [0.29, 0.717) is 11.3 Å². The minimum atomic E-state index is -4.27. The molecule has 1 amide bonds. The molecule has 0 aliphatic carbocycles. The van der Waals surface area contributed by atoms with E-state index in [1.165, 1.54) is 36.4 Å². The Kier molecular flexibility index (Phi) is 8.67. The summed E-state index contributed by atoms with van der Waals surface area (Å²) < 4.78 is 33.1. The standard InChI is InChI=1S/C19H16N4O3.C7H8O3S/c1-22-12-10-17(11-13-22)20-15-4-6-16(7-5-15)21-19(24)14-2-8-18(9-3-14)23(25)26;1-6-2-4-7(5-3-6)11(8,9)10/h2-13H,1H3,(H,21,24);2-5H,1H3,(H,8,9,10). The lowest BCUT2D eigenvalue weighted by Crippen LogP contribution is -2.25. The molecule has 0 spiro atoms. The van der Waals surface area contributed by atoms with Crippen LogP contribution in [0.4, 0.5) is 22.7 Å². The Bertz CT molecular complexity index is 1470. The third kappa shape index (κ3) is 8.23. The van der Waals surface area contributed by atoms with E-state index in [-0.39, 0.29) is 16.5 Å². The number of pyridine rings is 1. The first-order valence-electron chi connectivity index (χ1n) is 10.9. The Labute approximate surface area is 214 Å². The largest absolute Gasteiger partial charge is 0.744 e. The molecule has 37 heavy (non-hydrogen) atoms. The number of amides is 1. The van der Waals surface area contributed by atoms with E-state index < -0.39 is 15.0 Å². The SMILES string of the molecule is C[n+]1ccc(Nc2ccc(NC(=O)c3ccc([N+](=O)[O-])cc3)cc2)cc1.Cc1ccc(S(=O)(=O)[O-])cc1. The van der Waals surface area contributed by atoms with E-state index in [0.717, 1.165) is 16.9 Å². The maximum atomic E-state index is 12.2. The van der Waals surface area contributed by atoms with Crippen LogP contribution in [0.5, 0.6) is 0 Å². The monoisotopic (exact) mass is 520 g/mol. The van der Waals surface area contributed by atoms with Crippen LogP contribution in [0.15, 0.2) is 102 Å². The summed E-state index contributed by atoms with van der Waals surface area (Å²) in [7, 11) is -2.32. The normalized spacial score (nSPS) is 10.6. The maximum Gasteiger partial charge on any atom is 0.269 e. The van der Waals surface area contributed by atoms with Crippen molar-refractivity contribution >= 4 is 38.8 Å². The molecule has 1 heterocycles. The minimum Gasteiger partial charge on any atom is -0.744 e. The Morgan fingerprint density at radius 1 is 0.811 bits per heavy atom. The van der Waals surface area contributed by atoms with Crippen LogP contribution in [0.2, 0.25) is 0 Å². The number of hydrogen-bond acceptors (Lipinski definition) is 7. The lowest BCUT2D eigenvalue weighted by Gasteiger charge is -2.08. The molecule has 0 aliphatic heterocycles. The number of nitrogens with zero attached hydrogens (tertiary/aromatic N) is 2. The van der Waals surface area contributed by atoms with Gasteiger partial charge in [-0.2, -0.15) is 0 Å². The molecule has 0 bridgehead atoms. The fraction of sp³-hybridized carbons (Fsp3) is 0.0769. The summed E-state index contributed by atoms with van der Waals surface area (Å²) in [6.07, 6.45) is 3.89. The van der Waals surface area contributed by atoms with Crippen LogP contribution in [0.25, 0.3) is 0 Å². The Morgan fingerprint density at radius 3 is 1.84 bits per heavy atom. The molecule has 3 aromatic carbocycles. The number of nitro groups is 1. The second kappa shape index (κ2) is 11.9. The van der Waals surface area contributed by atoms with E-state index >= 15 is 0 Å². The first kappa shape index (κ1) is 27.0. The maximum absolute atomic E-state index is 12.2. The van der Waals surface area contributed by atoms with Crippen LogP contribution in [0.1, 0.15) is 15.9 Å². The number of nitro benzene ring substituents is 1. The molecule has 2 N–H and O–H groups in total. The highest BCUT2D eigenvalue weighted by Crippen LogP contribution is 2.19. The average Bonchev–Trinajstić information content (AvgIpc) is 2.87. The summed E-state index contributed by atoms with van der Waals surface area (Å²) >= 11 is 0. The molecule has 0 fully saturated rings. The van der Waals surface area contributed by atoms with Crippen molar-refractivity contribution in [3.63, 3.8) is 0 Å². The van der Waals surface area contributed by atoms with Crippen LogP contribution in [0, 0.1) is 17.0 Å². The molecular formula is C26H24N4O6S. The average molecular weight is 521 g/mol. The van der Waals surface area contributed by atoms with Gasteiger partial charge in [0, 0.05) is 41.2 Å². The smallest absolute Gasteiger partial charge is 0.269 e. The molecular weight excluding hydrogens is 496 g/mol. The molecule has 190 valence electrons. The lowest BCUT2D eigenvalue weighted by atomic mass is 10.2. The van der Waals surface area contributed by atoms with E-state index in [2.05, 4.69) is 10.6 Å². The molecule has 0 saturated carbocycles. The number of aromatic nitrogens is 1. The quantitative estimate of drug-likeness (QED) is 0.167. The van der Waals surface area contributed by atoms with Gasteiger partial charge in [0.2, 0.25) is 0 Å². The van der Waals surface area contributed by atoms with Gasteiger partial charge in [0.1, 0.15) is 17.2 Å². The van der Waals surface area contributed by atoms with Gasteiger partial charge in [-0.25, -0.2) is 13.0 Å². The van der Waals surface area contributed by atoms with Gasteiger partial charge in [0.25, 0.3) is 11.6 Å². The number of nitrogens with one attached hydrogen (secondary N) is 2. The Morgan fingerprint density at radius 2 is 1.32 bits per heavy atom. The van der Waals surface area contributed by atoms with Crippen LogP contribution in [0.3, 0.4) is 0 Å². The summed E-state index contributed by atoms with van der Waals surface area (Å²) in [6, 6.07) is 22.5. The molecule has 0 aliphatic rings. The summed E-state index contributed by atoms with van der Waals surface area (Å²) in [6.45, 7) is 1.82. The van der Waals surface area contributed by atoms with Crippen LogP contribution < -0.4 is 15.2 Å². The fourth-order valence-electron chi connectivity index (χ4n) is 3.03. The van der Waals surface area contributed by atoms with Gasteiger partial charge >= 0.3 is 0 Å². The van der Waals surface area contributed by atoms with Crippen LogP contribution >= 0.6 is 0 Å². The molecule has 4 aromatic rings. The van der Waals surface area contributed by atoms with E-state index in [1.54, 1.807) is 24.3 Å². The summed E-state index contributed by atoms with van der Waals surface area (Å²) in [5.74, 6) is -0.323. The zero-order valence-electron chi connectivity index (χ0n) is 20.0. The number of hydrogen-bond donors (Lipinski definition) is 2. The summed E-state index contributed by atoms with van der Waals surface area (Å²) in [4.78, 5) is 22.2. The highest BCUT2D eigenvalue weighted by Gasteiger charge is 2.10. The topological polar surface area (TPSA) is 145 Å². The predicted molar refractivity (Wildman–Crippen MR) is 138 cm³/mol. The Balaban J connectivity index is 0.000000289. The molecule has 0 unspecified atom stereocenters. The number of carbonyl (C=O) groups is 1. The van der Waals surface area contributed by atoms with Crippen molar-refractivity contribution in [1.82, 2.24) is 0 Å². The van der Waals surface area contributed by atoms with Gasteiger partial charge in [-0.05, 0) is 55.5 Å². The van der Waals surface area contributed by atoms with Gasteiger partial charge in [0.05, 0.1) is 15.5 Å².